The van der Waals surface area contributed by atoms with Gasteiger partial charge in [-0.15, -0.1) is 0 Å². The average molecular weight is 376 g/mol. The Balaban J connectivity index is 1.62. The molecule has 3 aromatic carbocycles. The number of hydrogen-bond donors (Lipinski definition) is 2. The quantitative estimate of drug-likeness (QED) is 0.385. The van der Waals surface area contributed by atoms with Gasteiger partial charge in [0.1, 0.15) is 6.04 Å². The fourth-order valence-electron chi connectivity index (χ4n) is 2.72. The summed E-state index contributed by atoms with van der Waals surface area (Å²) in [5.74, 6) is -0.283. The van der Waals surface area contributed by atoms with Gasteiger partial charge in [-0.25, -0.2) is 5.43 Å². The molecule has 0 aromatic heterocycles. The maximum absolute atomic E-state index is 12.3. The van der Waals surface area contributed by atoms with Crippen molar-refractivity contribution in [1.82, 2.24) is 5.43 Å². The summed E-state index contributed by atoms with van der Waals surface area (Å²) in [6.07, 6.45) is 0. The fourth-order valence-corrected chi connectivity index (χ4v) is 2.72. The van der Waals surface area contributed by atoms with Crippen LogP contribution < -0.4 is 10.7 Å². The van der Waals surface area contributed by atoms with E-state index in [1.54, 1.807) is 26.0 Å². The predicted molar refractivity (Wildman–Crippen MR) is 110 cm³/mol. The second-order valence-corrected chi connectivity index (χ2v) is 6.41. The summed E-state index contributed by atoms with van der Waals surface area (Å²) in [6.45, 7) is 3.48. The lowest BCUT2D eigenvalue weighted by Crippen LogP contribution is -2.35. The molecule has 0 radical (unpaired) electrons. The summed E-state index contributed by atoms with van der Waals surface area (Å²) < 4.78 is 0. The van der Waals surface area contributed by atoms with Crippen molar-refractivity contribution in [3.8, 4) is 0 Å². The van der Waals surface area contributed by atoms with E-state index < -0.39 is 11.0 Å². The predicted octanol–water partition coefficient (Wildman–Crippen LogP) is 4.09. The number of nitrogens with one attached hydrogen (secondary N) is 2. The van der Waals surface area contributed by atoms with E-state index in [-0.39, 0.29) is 11.6 Å². The molecule has 3 rings (SSSR count). The van der Waals surface area contributed by atoms with E-state index in [4.69, 9.17) is 0 Å². The van der Waals surface area contributed by atoms with Gasteiger partial charge in [0.25, 0.3) is 11.6 Å². The molecule has 3 aromatic rings. The van der Waals surface area contributed by atoms with Crippen LogP contribution in [-0.2, 0) is 4.79 Å². The third kappa shape index (κ3) is 4.50. The number of hydrazone groups is 1. The molecule has 7 nitrogen and oxygen atoms in total. The van der Waals surface area contributed by atoms with Crippen molar-refractivity contribution in [1.29, 1.82) is 0 Å². The number of non-ortho nitro benzene ring substituents is 1. The molecule has 0 saturated heterocycles. The number of nitro groups is 1. The minimum absolute atomic E-state index is 0.00814. The highest BCUT2D eigenvalue weighted by Gasteiger charge is 2.12. The number of rotatable bonds is 6. The van der Waals surface area contributed by atoms with Crippen molar-refractivity contribution in [2.24, 2.45) is 5.10 Å². The SMILES string of the molecule is C/C(=N\NC(=O)[C@@H](C)Nc1ccc2ccccc2c1)c1ccc([N+](=O)[O-])cc1. The normalized spacial score (nSPS) is 12.4. The Bertz CT molecular complexity index is 1040. The summed E-state index contributed by atoms with van der Waals surface area (Å²) in [6, 6.07) is 19.4. The molecule has 0 unspecified atom stereocenters. The molecule has 1 amide bonds. The van der Waals surface area contributed by atoms with E-state index in [1.165, 1.54) is 12.1 Å². The molecule has 0 aliphatic carbocycles. The number of anilines is 1. The van der Waals surface area contributed by atoms with Gasteiger partial charge in [0.05, 0.1) is 10.6 Å². The molecular weight excluding hydrogens is 356 g/mol. The van der Waals surface area contributed by atoms with Crippen LogP contribution in [0.2, 0.25) is 0 Å². The van der Waals surface area contributed by atoms with Crippen molar-refractivity contribution in [2.45, 2.75) is 19.9 Å². The maximum Gasteiger partial charge on any atom is 0.269 e. The van der Waals surface area contributed by atoms with Crippen LogP contribution in [0.5, 0.6) is 0 Å². The smallest absolute Gasteiger partial charge is 0.269 e. The Morgan fingerprint density at radius 3 is 2.39 bits per heavy atom. The van der Waals surface area contributed by atoms with Crippen LogP contribution in [0.3, 0.4) is 0 Å². The molecule has 1 atom stereocenters. The van der Waals surface area contributed by atoms with Gasteiger partial charge in [0.15, 0.2) is 0 Å². The van der Waals surface area contributed by atoms with E-state index in [2.05, 4.69) is 15.8 Å². The molecule has 142 valence electrons. The first-order valence-electron chi connectivity index (χ1n) is 8.78. The Morgan fingerprint density at radius 1 is 1.04 bits per heavy atom. The second-order valence-electron chi connectivity index (χ2n) is 6.41. The molecule has 2 N–H and O–H groups in total. The van der Waals surface area contributed by atoms with Crippen molar-refractivity contribution in [3.05, 3.63) is 82.4 Å². The average Bonchev–Trinajstić information content (AvgIpc) is 2.71. The molecular formula is C21H20N4O3. The first kappa shape index (κ1) is 19.0. The second kappa shape index (κ2) is 8.30. The molecule has 0 bridgehead atoms. The zero-order chi connectivity index (χ0) is 20.1. The highest BCUT2D eigenvalue weighted by molar-refractivity contribution is 5.99. The summed E-state index contributed by atoms with van der Waals surface area (Å²) >= 11 is 0. The number of nitrogens with zero attached hydrogens (tertiary/aromatic N) is 2. The monoisotopic (exact) mass is 376 g/mol. The molecule has 0 fully saturated rings. The van der Waals surface area contributed by atoms with Gasteiger partial charge in [0, 0.05) is 17.8 Å². The first-order valence-corrected chi connectivity index (χ1v) is 8.78. The fraction of sp³-hybridized carbons (Fsp3) is 0.143. The molecule has 7 heteroatoms. The Kier molecular flexibility index (Phi) is 5.64. The summed E-state index contributed by atoms with van der Waals surface area (Å²) in [5, 5.41) is 20.2. The third-order valence-corrected chi connectivity index (χ3v) is 4.36. The van der Waals surface area contributed by atoms with Crippen molar-refractivity contribution in [2.75, 3.05) is 5.32 Å². The first-order chi connectivity index (χ1) is 13.4. The summed E-state index contributed by atoms with van der Waals surface area (Å²) in [4.78, 5) is 22.6. The van der Waals surface area contributed by atoms with Gasteiger partial charge >= 0.3 is 0 Å². The number of carbonyl (C=O) groups excluding carboxylic acids is 1. The van der Waals surface area contributed by atoms with Gasteiger partial charge in [0.2, 0.25) is 0 Å². The van der Waals surface area contributed by atoms with E-state index in [9.17, 15) is 14.9 Å². The van der Waals surface area contributed by atoms with Crippen LogP contribution >= 0.6 is 0 Å². The lowest BCUT2D eigenvalue weighted by molar-refractivity contribution is -0.384. The van der Waals surface area contributed by atoms with Crippen LogP contribution in [0.15, 0.2) is 71.8 Å². The molecule has 0 heterocycles. The lowest BCUT2D eigenvalue weighted by atomic mass is 10.1. The molecule has 0 aliphatic heterocycles. The summed E-state index contributed by atoms with van der Waals surface area (Å²) in [7, 11) is 0. The number of carbonyl (C=O) groups is 1. The minimum Gasteiger partial charge on any atom is -0.374 e. The highest BCUT2D eigenvalue weighted by Crippen LogP contribution is 2.19. The van der Waals surface area contributed by atoms with Gasteiger partial charge in [-0.1, -0.05) is 30.3 Å². The number of fused-ring (bicyclic) bond motifs is 1. The van der Waals surface area contributed by atoms with Gasteiger partial charge in [-0.3, -0.25) is 14.9 Å². The maximum atomic E-state index is 12.3. The molecule has 28 heavy (non-hydrogen) atoms. The van der Waals surface area contributed by atoms with E-state index in [0.717, 1.165) is 16.5 Å². The van der Waals surface area contributed by atoms with Crippen LogP contribution in [0, 0.1) is 10.1 Å². The van der Waals surface area contributed by atoms with Crippen molar-refractivity contribution in [3.63, 3.8) is 0 Å². The highest BCUT2D eigenvalue weighted by atomic mass is 16.6. The Hall–Kier alpha value is -3.74. The lowest BCUT2D eigenvalue weighted by Gasteiger charge is -2.14. The van der Waals surface area contributed by atoms with E-state index in [0.29, 0.717) is 11.3 Å². The van der Waals surface area contributed by atoms with Crippen LogP contribution in [-0.4, -0.2) is 22.6 Å². The topological polar surface area (TPSA) is 96.6 Å². The Labute approximate surface area is 162 Å². The number of benzene rings is 3. The minimum atomic E-state index is -0.491. The van der Waals surface area contributed by atoms with Crippen molar-refractivity contribution >= 4 is 33.8 Å². The standard InChI is InChI=1S/C21H20N4O3/c1-14(16-8-11-20(12-9-16)25(27)28)23-24-21(26)15(2)22-19-10-7-17-5-3-4-6-18(17)13-19/h3-13,15,22H,1-2H3,(H,24,26)/b23-14+/t15-/m1/s1. The van der Waals surface area contributed by atoms with E-state index in [1.807, 2.05) is 42.5 Å². The van der Waals surface area contributed by atoms with E-state index >= 15 is 0 Å². The molecule has 0 saturated carbocycles. The largest absolute Gasteiger partial charge is 0.374 e. The number of nitro benzene ring substituents is 1. The van der Waals surface area contributed by atoms with Gasteiger partial charge in [-0.2, -0.15) is 5.10 Å². The third-order valence-electron chi connectivity index (χ3n) is 4.36. The van der Waals surface area contributed by atoms with Crippen LogP contribution in [0.4, 0.5) is 11.4 Å². The molecule has 0 aliphatic rings. The Morgan fingerprint density at radius 2 is 1.71 bits per heavy atom. The summed E-state index contributed by atoms with van der Waals surface area (Å²) in [5.41, 5.74) is 4.63. The van der Waals surface area contributed by atoms with Crippen LogP contribution in [0.1, 0.15) is 19.4 Å². The van der Waals surface area contributed by atoms with Crippen molar-refractivity contribution < 1.29 is 9.72 Å². The van der Waals surface area contributed by atoms with Crippen LogP contribution in [0.25, 0.3) is 10.8 Å². The molecule has 0 spiro atoms. The van der Waals surface area contributed by atoms with Gasteiger partial charge in [-0.05, 0) is 54.4 Å². The number of amides is 1. The zero-order valence-corrected chi connectivity index (χ0v) is 15.5. The van der Waals surface area contributed by atoms with Gasteiger partial charge < -0.3 is 5.32 Å². The number of hydrogen-bond acceptors (Lipinski definition) is 5. The zero-order valence-electron chi connectivity index (χ0n) is 15.5.